The Morgan fingerprint density at radius 3 is 2.61 bits per heavy atom. The topological polar surface area (TPSA) is 70.2 Å². The predicted molar refractivity (Wildman–Crippen MR) is 86.6 cm³/mol. The molecule has 0 aliphatic rings. The van der Waals surface area contributed by atoms with E-state index in [1.165, 1.54) is 6.07 Å². The van der Waals surface area contributed by atoms with E-state index in [0.717, 1.165) is 13.1 Å². The summed E-state index contributed by atoms with van der Waals surface area (Å²) in [7, 11) is 3.97. The lowest BCUT2D eigenvalue weighted by atomic mass is 10.2. The Morgan fingerprint density at radius 2 is 1.96 bits per heavy atom. The molecule has 0 unspecified atom stereocenters. The maximum Gasteiger partial charge on any atom is 0.272 e. The van der Waals surface area contributed by atoms with Crippen LogP contribution in [0.25, 0.3) is 0 Å². The maximum atomic E-state index is 13.5. The van der Waals surface area contributed by atoms with Crippen molar-refractivity contribution in [1.82, 2.24) is 20.4 Å². The van der Waals surface area contributed by atoms with E-state index in [-0.39, 0.29) is 24.0 Å². The average molecular weight is 317 g/mol. The van der Waals surface area contributed by atoms with Gasteiger partial charge in [-0.15, -0.1) is 10.2 Å². The standard InChI is InChI=1S/C16H20FN5O/c1-22(2)10-9-18-15-8-7-14(20-21-15)16(23)19-11-12-5-3-4-6-13(12)17/h3-8H,9-11H2,1-2H3,(H,18,21)(H,19,23). The molecule has 1 heterocycles. The van der Waals surface area contributed by atoms with Crippen molar-refractivity contribution in [2.24, 2.45) is 0 Å². The number of hydrogen-bond acceptors (Lipinski definition) is 5. The molecule has 0 aliphatic heterocycles. The first-order chi connectivity index (χ1) is 11.1. The molecule has 2 aromatic rings. The zero-order valence-corrected chi connectivity index (χ0v) is 13.2. The van der Waals surface area contributed by atoms with Crippen molar-refractivity contribution in [3.05, 3.63) is 53.5 Å². The van der Waals surface area contributed by atoms with Crippen LogP contribution < -0.4 is 10.6 Å². The van der Waals surface area contributed by atoms with Gasteiger partial charge in [-0.2, -0.15) is 0 Å². The highest BCUT2D eigenvalue weighted by Gasteiger charge is 2.09. The number of likely N-dealkylation sites (N-methyl/N-ethyl adjacent to an activating group) is 1. The number of amides is 1. The number of carbonyl (C=O) groups excluding carboxylic acids is 1. The van der Waals surface area contributed by atoms with Crippen LogP contribution in [-0.2, 0) is 6.54 Å². The molecule has 1 aromatic carbocycles. The molecule has 2 N–H and O–H groups in total. The third kappa shape index (κ3) is 5.30. The van der Waals surface area contributed by atoms with Gasteiger partial charge in [-0.25, -0.2) is 4.39 Å². The largest absolute Gasteiger partial charge is 0.367 e. The van der Waals surface area contributed by atoms with E-state index in [4.69, 9.17) is 0 Å². The molecule has 122 valence electrons. The Balaban J connectivity index is 1.86. The summed E-state index contributed by atoms with van der Waals surface area (Å²) in [6.07, 6.45) is 0. The number of hydrogen-bond donors (Lipinski definition) is 2. The monoisotopic (exact) mass is 317 g/mol. The van der Waals surface area contributed by atoms with E-state index >= 15 is 0 Å². The van der Waals surface area contributed by atoms with Crippen LogP contribution in [-0.4, -0.2) is 48.2 Å². The summed E-state index contributed by atoms with van der Waals surface area (Å²) in [6, 6.07) is 9.59. The fourth-order valence-electron chi connectivity index (χ4n) is 1.86. The first kappa shape index (κ1) is 16.8. The minimum Gasteiger partial charge on any atom is -0.367 e. The molecule has 6 nitrogen and oxygen atoms in total. The van der Waals surface area contributed by atoms with Gasteiger partial charge in [-0.05, 0) is 32.3 Å². The summed E-state index contributed by atoms with van der Waals surface area (Å²) in [5, 5.41) is 13.6. The van der Waals surface area contributed by atoms with Crippen LogP contribution in [0.5, 0.6) is 0 Å². The Kier molecular flexibility index (Phi) is 5.99. The van der Waals surface area contributed by atoms with Crippen LogP contribution in [0.1, 0.15) is 16.1 Å². The first-order valence-corrected chi connectivity index (χ1v) is 7.30. The second kappa shape index (κ2) is 8.19. The number of anilines is 1. The van der Waals surface area contributed by atoms with E-state index in [0.29, 0.717) is 11.4 Å². The normalized spacial score (nSPS) is 10.6. The Bertz CT molecular complexity index is 645. The quantitative estimate of drug-likeness (QED) is 0.810. The summed E-state index contributed by atoms with van der Waals surface area (Å²) in [6.45, 7) is 1.71. The Morgan fingerprint density at radius 1 is 1.17 bits per heavy atom. The highest BCUT2D eigenvalue weighted by molar-refractivity contribution is 5.92. The minimum absolute atomic E-state index is 0.107. The van der Waals surface area contributed by atoms with Gasteiger partial charge in [0.25, 0.3) is 5.91 Å². The molecule has 0 fully saturated rings. The van der Waals surface area contributed by atoms with Crippen LogP contribution in [0.3, 0.4) is 0 Å². The summed E-state index contributed by atoms with van der Waals surface area (Å²) < 4.78 is 13.5. The molecule has 0 atom stereocenters. The van der Waals surface area contributed by atoms with Crippen molar-refractivity contribution in [2.75, 3.05) is 32.5 Å². The number of nitrogens with one attached hydrogen (secondary N) is 2. The number of aromatic nitrogens is 2. The summed E-state index contributed by atoms with van der Waals surface area (Å²) in [5.41, 5.74) is 0.621. The molecule has 0 saturated carbocycles. The van der Waals surface area contributed by atoms with Crippen molar-refractivity contribution in [1.29, 1.82) is 0 Å². The number of carbonyl (C=O) groups is 1. The maximum absolute atomic E-state index is 13.5. The molecule has 7 heteroatoms. The summed E-state index contributed by atoms with van der Waals surface area (Å²) in [4.78, 5) is 14.0. The Labute approximate surface area is 134 Å². The SMILES string of the molecule is CN(C)CCNc1ccc(C(=O)NCc2ccccc2F)nn1. The Hall–Kier alpha value is -2.54. The zero-order valence-electron chi connectivity index (χ0n) is 13.2. The third-order valence-electron chi connectivity index (χ3n) is 3.16. The molecule has 0 aliphatic carbocycles. The van der Waals surface area contributed by atoms with Gasteiger partial charge >= 0.3 is 0 Å². The van der Waals surface area contributed by atoms with Crippen molar-refractivity contribution in [3.8, 4) is 0 Å². The van der Waals surface area contributed by atoms with E-state index in [2.05, 4.69) is 20.8 Å². The number of halogens is 1. The summed E-state index contributed by atoms with van der Waals surface area (Å²) >= 11 is 0. The van der Waals surface area contributed by atoms with Gasteiger partial charge < -0.3 is 15.5 Å². The van der Waals surface area contributed by atoms with Gasteiger partial charge in [-0.1, -0.05) is 18.2 Å². The van der Waals surface area contributed by atoms with Crippen molar-refractivity contribution < 1.29 is 9.18 Å². The minimum atomic E-state index is -0.388. The van der Waals surface area contributed by atoms with Crippen LogP contribution in [0.15, 0.2) is 36.4 Å². The molecule has 1 aromatic heterocycles. The van der Waals surface area contributed by atoms with Crippen LogP contribution in [0.4, 0.5) is 10.2 Å². The molecular formula is C16H20FN5O. The third-order valence-corrected chi connectivity index (χ3v) is 3.16. The van der Waals surface area contributed by atoms with E-state index < -0.39 is 0 Å². The van der Waals surface area contributed by atoms with E-state index in [9.17, 15) is 9.18 Å². The summed E-state index contributed by atoms with van der Waals surface area (Å²) in [5.74, 6) is -0.127. The van der Waals surface area contributed by atoms with E-state index in [1.807, 2.05) is 19.0 Å². The molecule has 23 heavy (non-hydrogen) atoms. The van der Waals surface area contributed by atoms with Gasteiger partial charge in [0.05, 0.1) is 0 Å². The molecule has 0 bridgehead atoms. The number of benzene rings is 1. The fourth-order valence-corrected chi connectivity index (χ4v) is 1.86. The zero-order chi connectivity index (χ0) is 16.7. The van der Waals surface area contributed by atoms with Gasteiger partial charge in [-0.3, -0.25) is 4.79 Å². The van der Waals surface area contributed by atoms with Crippen LogP contribution >= 0.6 is 0 Å². The van der Waals surface area contributed by atoms with E-state index in [1.54, 1.807) is 30.3 Å². The molecule has 2 rings (SSSR count). The van der Waals surface area contributed by atoms with Crippen molar-refractivity contribution in [3.63, 3.8) is 0 Å². The van der Waals surface area contributed by atoms with Crippen LogP contribution in [0, 0.1) is 5.82 Å². The molecule has 0 radical (unpaired) electrons. The highest BCUT2D eigenvalue weighted by atomic mass is 19.1. The number of rotatable bonds is 7. The number of nitrogens with zero attached hydrogens (tertiary/aromatic N) is 3. The average Bonchev–Trinajstić information content (AvgIpc) is 2.54. The second-order valence-electron chi connectivity index (χ2n) is 5.31. The van der Waals surface area contributed by atoms with Gasteiger partial charge in [0.15, 0.2) is 5.69 Å². The molecule has 1 amide bonds. The first-order valence-electron chi connectivity index (χ1n) is 7.30. The van der Waals surface area contributed by atoms with Crippen LogP contribution in [0.2, 0.25) is 0 Å². The van der Waals surface area contributed by atoms with Gasteiger partial charge in [0.1, 0.15) is 11.6 Å². The molecule has 0 saturated heterocycles. The smallest absolute Gasteiger partial charge is 0.272 e. The van der Waals surface area contributed by atoms with Crippen molar-refractivity contribution in [2.45, 2.75) is 6.54 Å². The lowest BCUT2D eigenvalue weighted by Crippen LogP contribution is -2.25. The van der Waals surface area contributed by atoms with Gasteiger partial charge in [0.2, 0.25) is 0 Å². The lowest BCUT2D eigenvalue weighted by molar-refractivity contribution is 0.0944. The lowest BCUT2D eigenvalue weighted by Gasteiger charge is -2.10. The predicted octanol–water partition coefficient (Wildman–Crippen LogP) is 1.52. The van der Waals surface area contributed by atoms with Crippen molar-refractivity contribution >= 4 is 11.7 Å². The highest BCUT2D eigenvalue weighted by Crippen LogP contribution is 2.06. The molecular weight excluding hydrogens is 297 g/mol. The fraction of sp³-hybridized carbons (Fsp3) is 0.312. The molecule has 0 spiro atoms. The second-order valence-corrected chi connectivity index (χ2v) is 5.31. The van der Waals surface area contributed by atoms with Gasteiger partial charge in [0, 0.05) is 25.2 Å².